The lowest BCUT2D eigenvalue weighted by Crippen LogP contribution is -2.55. The summed E-state index contributed by atoms with van der Waals surface area (Å²) in [6, 6.07) is 0. The number of ether oxygens (including phenoxy) is 1. The highest BCUT2D eigenvalue weighted by atomic mass is 16.5. The maximum absolute atomic E-state index is 12.2. The molecule has 0 aliphatic carbocycles. The summed E-state index contributed by atoms with van der Waals surface area (Å²) in [5.74, 6) is -0.127. The van der Waals surface area contributed by atoms with Crippen LogP contribution in [0, 0.1) is 0 Å². The Kier molecular flexibility index (Phi) is 20.3. The van der Waals surface area contributed by atoms with Gasteiger partial charge in [-0.1, -0.05) is 96.8 Å². The second kappa shape index (κ2) is 20.7. The van der Waals surface area contributed by atoms with E-state index in [-0.39, 0.29) is 12.1 Å². The lowest BCUT2D eigenvalue weighted by molar-refractivity contribution is -0.917. The van der Waals surface area contributed by atoms with E-state index in [2.05, 4.69) is 6.92 Å². The van der Waals surface area contributed by atoms with Crippen LogP contribution in [0.3, 0.4) is 0 Å². The minimum absolute atomic E-state index is 0.127. The molecule has 0 bridgehead atoms. The molecule has 0 radical (unpaired) electrons. The van der Waals surface area contributed by atoms with Gasteiger partial charge in [0.25, 0.3) is 0 Å². The maximum Gasteiger partial charge on any atom is 0.306 e. The van der Waals surface area contributed by atoms with Crippen molar-refractivity contribution in [2.45, 2.75) is 149 Å². The molecule has 0 rings (SSSR count). The van der Waals surface area contributed by atoms with Gasteiger partial charge in [-0.15, -0.1) is 0 Å². The van der Waals surface area contributed by atoms with Gasteiger partial charge in [0, 0.05) is 6.42 Å². The molecule has 5 nitrogen and oxygen atoms in total. The van der Waals surface area contributed by atoms with Crippen LogP contribution in [0.25, 0.3) is 0 Å². The van der Waals surface area contributed by atoms with Gasteiger partial charge in [-0.05, 0) is 27.2 Å². The van der Waals surface area contributed by atoms with Gasteiger partial charge in [0.1, 0.15) is 37.9 Å². The number of likely N-dealkylation sites (N-methyl/N-ethyl adjacent to an activating group) is 1. The van der Waals surface area contributed by atoms with Gasteiger partial charge in [0.05, 0.1) is 7.05 Å². The highest BCUT2D eigenvalue weighted by Crippen LogP contribution is 2.15. The first kappa shape index (κ1) is 32.4. The Bertz CT molecular complexity index is 443. The van der Waals surface area contributed by atoms with Gasteiger partial charge in [0.2, 0.25) is 0 Å². The van der Waals surface area contributed by atoms with Crippen molar-refractivity contribution in [1.29, 1.82) is 0 Å². The molecular formula is C28H58NO4+. The van der Waals surface area contributed by atoms with Crippen molar-refractivity contribution >= 4 is 5.97 Å². The molecule has 33 heavy (non-hydrogen) atoms. The molecule has 3 atom stereocenters. The van der Waals surface area contributed by atoms with E-state index in [4.69, 9.17) is 4.74 Å². The van der Waals surface area contributed by atoms with E-state index in [0.717, 1.165) is 12.8 Å². The molecule has 0 spiro atoms. The predicted molar refractivity (Wildman–Crippen MR) is 139 cm³/mol. The van der Waals surface area contributed by atoms with Crippen LogP contribution in [0.5, 0.6) is 0 Å². The van der Waals surface area contributed by atoms with Crippen LogP contribution in [-0.4, -0.2) is 65.7 Å². The average Bonchev–Trinajstić information content (AvgIpc) is 2.69. The van der Waals surface area contributed by atoms with E-state index in [9.17, 15) is 15.0 Å². The molecule has 198 valence electrons. The van der Waals surface area contributed by atoms with E-state index >= 15 is 0 Å². The summed E-state index contributed by atoms with van der Waals surface area (Å²) in [6.07, 6.45) is 19.1. The summed E-state index contributed by atoms with van der Waals surface area (Å²) in [5, 5.41) is 19.6. The van der Waals surface area contributed by atoms with E-state index in [1.54, 1.807) is 13.8 Å². The number of quaternary nitrogens is 1. The largest absolute Gasteiger partial charge is 0.457 e. The van der Waals surface area contributed by atoms with Gasteiger partial charge in [-0.2, -0.15) is 0 Å². The summed E-state index contributed by atoms with van der Waals surface area (Å²) in [7, 11) is 2.00. The van der Waals surface area contributed by atoms with Crippen molar-refractivity contribution in [2.24, 2.45) is 0 Å². The molecule has 0 saturated heterocycles. The van der Waals surface area contributed by atoms with Crippen LogP contribution in [0.2, 0.25) is 0 Å². The zero-order valence-corrected chi connectivity index (χ0v) is 22.8. The van der Waals surface area contributed by atoms with Crippen molar-refractivity contribution in [3.05, 3.63) is 0 Å². The molecule has 2 N–H and O–H groups in total. The van der Waals surface area contributed by atoms with Crippen LogP contribution >= 0.6 is 0 Å². The minimum atomic E-state index is -0.461. The predicted octanol–water partition coefficient (Wildman–Crippen LogP) is 6.39. The molecule has 0 aliphatic rings. The molecule has 0 saturated carbocycles. The average molecular weight is 473 g/mol. The standard InChI is InChI=1S/C28H58NO4/c1-6-7-8-9-10-11-12-13-14-15-16-17-18-19-20-21-28(32)33-27(4)24-29(5,22-25(2)30)23-26(3)31/h25-27,30-31H,6-24H2,1-5H3/q+1. The van der Waals surface area contributed by atoms with E-state index in [1.807, 2.05) is 14.0 Å². The fourth-order valence-corrected chi connectivity index (χ4v) is 5.08. The normalized spacial score (nSPS) is 16.2. The summed E-state index contributed by atoms with van der Waals surface area (Å²) < 4.78 is 6.10. The number of nitrogens with zero attached hydrogens (tertiary/aromatic N) is 1. The number of rotatable bonds is 23. The first-order valence-electron chi connectivity index (χ1n) is 14.1. The summed E-state index contributed by atoms with van der Waals surface area (Å²) in [5.41, 5.74) is 0. The second-order valence-corrected chi connectivity index (χ2v) is 10.9. The Labute approximate surface area is 205 Å². The van der Waals surface area contributed by atoms with E-state index < -0.39 is 12.2 Å². The number of esters is 1. The third kappa shape index (κ3) is 21.6. The number of hydrogen-bond donors (Lipinski definition) is 2. The fraction of sp³-hybridized carbons (Fsp3) is 0.964. The van der Waals surface area contributed by atoms with Crippen LogP contribution in [0.1, 0.15) is 130 Å². The maximum atomic E-state index is 12.2. The molecular weight excluding hydrogens is 414 g/mol. The van der Waals surface area contributed by atoms with Crippen molar-refractivity contribution < 1.29 is 24.2 Å². The van der Waals surface area contributed by atoms with Crippen molar-refractivity contribution in [2.75, 3.05) is 26.7 Å². The van der Waals surface area contributed by atoms with Crippen LogP contribution < -0.4 is 0 Å². The fourth-order valence-electron chi connectivity index (χ4n) is 5.08. The van der Waals surface area contributed by atoms with Crippen molar-refractivity contribution in [1.82, 2.24) is 0 Å². The Balaban J connectivity index is 3.69. The highest BCUT2D eigenvalue weighted by molar-refractivity contribution is 5.69. The lowest BCUT2D eigenvalue weighted by Gasteiger charge is -2.38. The third-order valence-corrected chi connectivity index (χ3v) is 6.42. The number of hydrogen-bond acceptors (Lipinski definition) is 4. The number of carbonyl (C=O) groups is 1. The first-order valence-corrected chi connectivity index (χ1v) is 14.1. The van der Waals surface area contributed by atoms with Crippen molar-refractivity contribution in [3.8, 4) is 0 Å². The Morgan fingerprint density at radius 2 is 1.03 bits per heavy atom. The van der Waals surface area contributed by atoms with E-state index in [1.165, 1.54) is 83.5 Å². The molecule has 0 aliphatic heterocycles. The summed E-state index contributed by atoms with van der Waals surface area (Å²) in [4.78, 5) is 12.2. The van der Waals surface area contributed by atoms with Gasteiger partial charge in [-0.3, -0.25) is 4.79 Å². The highest BCUT2D eigenvalue weighted by Gasteiger charge is 2.29. The Morgan fingerprint density at radius 3 is 1.39 bits per heavy atom. The smallest absolute Gasteiger partial charge is 0.306 e. The van der Waals surface area contributed by atoms with Crippen LogP contribution in [0.15, 0.2) is 0 Å². The van der Waals surface area contributed by atoms with Gasteiger partial charge in [0.15, 0.2) is 0 Å². The van der Waals surface area contributed by atoms with Crippen LogP contribution in [0.4, 0.5) is 0 Å². The zero-order valence-electron chi connectivity index (χ0n) is 22.8. The quantitative estimate of drug-likeness (QED) is 0.103. The Morgan fingerprint density at radius 1 is 0.667 bits per heavy atom. The van der Waals surface area contributed by atoms with Crippen LogP contribution in [-0.2, 0) is 9.53 Å². The SMILES string of the molecule is CCCCCCCCCCCCCCCCCC(=O)OC(C)C[N+](C)(CC(C)O)CC(C)O. The topological polar surface area (TPSA) is 66.8 Å². The Hall–Kier alpha value is -0.650. The molecule has 0 amide bonds. The molecule has 0 aromatic heterocycles. The van der Waals surface area contributed by atoms with Crippen molar-refractivity contribution in [3.63, 3.8) is 0 Å². The number of carbonyl (C=O) groups excluding carboxylic acids is 1. The molecule has 0 heterocycles. The first-order chi connectivity index (χ1) is 15.7. The number of aliphatic hydroxyl groups is 2. The minimum Gasteiger partial charge on any atom is -0.457 e. The third-order valence-electron chi connectivity index (χ3n) is 6.42. The monoisotopic (exact) mass is 472 g/mol. The molecule has 0 aromatic carbocycles. The van der Waals surface area contributed by atoms with Gasteiger partial charge >= 0.3 is 5.97 Å². The molecule has 5 heteroatoms. The number of aliphatic hydroxyl groups excluding tert-OH is 2. The number of unbranched alkanes of at least 4 members (excludes halogenated alkanes) is 14. The lowest BCUT2D eigenvalue weighted by atomic mass is 10.0. The molecule has 0 fully saturated rings. The van der Waals surface area contributed by atoms with Gasteiger partial charge < -0.3 is 19.4 Å². The summed E-state index contributed by atoms with van der Waals surface area (Å²) >= 11 is 0. The zero-order chi connectivity index (χ0) is 25.0. The molecule has 0 aromatic rings. The summed E-state index contributed by atoms with van der Waals surface area (Å²) in [6.45, 7) is 9.36. The van der Waals surface area contributed by atoms with Gasteiger partial charge in [-0.25, -0.2) is 0 Å². The van der Waals surface area contributed by atoms with E-state index in [0.29, 0.717) is 30.5 Å². The molecule has 3 unspecified atom stereocenters. The second-order valence-electron chi connectivity index (χ2n) is 10.9.